The summed E-state index contributed by atoms with van der Waals surface area (Å²) in [4.78, 5) is 15.1. The molecule has 0 aliphatic carbocycles. The first-order chi connectivity index (χ1) is 4.66. The van der Waals surface area contributed by atoms with Crippen LogP contribution < -0.4 is 5.48 Å². The SMILES string of the molecule is CCONC(=O)OC(C)C. The molecule has 0 unspecified atom stereocenters. The fourth-order valence-electron chi connectivity index (χ4n) is 0.369. The Kier molecular flexibility index (Phi) is 4.66. The molecule has 60 valence electrons. The first-order valence-corrected chi connectivity index (χ1v) is 3.25. The van der Waals surface area contributed by atoms with Crippen LogP contribution in [0.4, 0.5) is 4.79 Å². The molecule has 4 heteroatoms. The molecule has 1 N–H and O–H groups in total. The Morgan fingerprint density at radius 3 is 2.60 bits per heavy atom. The van der Waals surface area contributed by atoms with Crippen molar-refractivity contribution in [2.45, 2.75) is 26.9 Å². The maximum Gasteiger partial charge on any atom is 0.431 e. The van der Waals surface area contributed by atoms with Crippen LogP contribution >= 0.6 is 0 Å². The Morgan fingerprint density at radius 1 is 1.60 bits per heavy atom. The van der Waals surface area contributed by atoms with Crippen LogP contribution in [0.3, 0.4) is 0 Å². The lowest BCUT2D eigenvalue weighted by atomic mass is 10.5. The van der Waals surface area contributed by atoms with Crippen molar-refractivity contribution in [2.24, 2.45) is 0 Å². The molecule has 0 aliphatic rings. The topological polar surface area (TPSA) is 47.6 Å². The third-order valence-electron chi connectivity index (χ3n) is 0.643. The molecule has 1 amide bonds. The average Bonchev–Trinajstić information content (AvgIpc) is 1.82. The van der Waals surface area contributed by atoms with Gasteiger partial charge in [-0.25, -0.2) is 4.79 Å². The summed E-state index contributed by atoms with van der Waals surface area (Å²) in [6, 6.07) is 0. The zero-order chi connectivity index (χ0) is 7.98. The second kappa shape index (κ2) is 5.05. The van der Waals surface area contributed by atoms with Crippen molar-refractivity contribution in [2.75, 3.05) is 6.61 Å². The molecule has 0 aromatic rings. The fourth-order valence-corrected chi connectivity index (χ4v) is 0.369. The minimum absolute atomic E-state index is 0.111. The molecule has 0 heterocycles. The molecule has 0 atom stereocenters. The Bertz CT molecular complexity index is 103. The Balaban J connectivity index is 3.26. The summed E-state index contributed by atoms with van der Waals surface area (Å²) in [6.45, 7) is 5.75. The van der Waals surface area contributed by atoms with Gasteiger partial charge in [-0.15, -0.1) is 0 Å². The Labute approximate surface area is 60.5 Å². The van der Waals surface area contributed by atoms with E-state index in [4.69, 9.17) is 0 Å². The van der Waals surface area contributed by atoms with Crippen molar-refractivity contribution in [3.8, 4) is 0 Å². The summed E-state index contributed by atoms with van der Waals surface area (Å²) in [7, 11) is 0. The molecule has 10 heavy (non-hydrogen) atoms. The van der Waals surface area contributed by atoms with Gasteiger partial charge in [0, 0.05) is 0 Å². The predicted octanol–water partition coefficient (Wildman–Crippen LogP) is 1.07. The standard InChI is InChI=1S/C6H13NO3/c1-4-9-7-6(8)10-5(2)3/h5H,4H2,1-3H3,(H,7,8). The van der Waals surface area contributed by atoms with Gasteiger partial charge in [-0.05, 0) is 20.8 Å². The highest BCUT2D eigenvalue weighted by Crippen LogP contribution is 1.87. The molecular weight excluding hydrogens is 134 g/mol. The fraction of sp³-hybridized carbons (Fsp3) is 0.833. The minimum Gasteiger partial charge on any atom is -0.445 e. The number of carbonyl (C=O) groups is 1. The summed E-state index contributed by atoms with van der Waals surface area (Å²) in [5, 5.41) is 0. The number of carbonyl (C=O) groups excluding carboxylic acids is 1. The van der Waals surface area contributed by atoms with Crippen LogP contribution in [0.25, 0.3) is 0 Å². The van der Waals surface area contributed by atoms with Crippen molar-refractivity contribution in [1.82, 2.24) is 5.48 Å². The zero-order valence-corrected chi connectivity index (χ0v) is 6.51. The van der Waals surface area contributed by atoms with E-state index in [-0.39, 0.29) is 6.10 Å². The molecule has 4 nitrogen and oxygen atoms in total. The van der Waals surface area contributed by atoms with Gasteiger partial charge in [0.1, 0.15) is 0 Å². The third-order valence-corrected chi connectivity index (χ3v) is 0.643. The minimum atomic E-state index is -0.545. The largest absolute Gasteiger partial charge is 0.445 e. The highest BCUT2D eigenvalue weighted by molar-refractivity contribution is 5.65. The van der Waals surface area contributed by atoms with Crippen LogP contribution in [-0.2, 0) is 9.57 Å². The number of hydroxylamine groups is 1. The monoisotopic (exact) mass is 147 g/mol. The van der Waals surface area contributed by atoms with Gasteiger partial charge in [0.05, 0.1) is 12.7 Å². The number of hydrogen-bond acceptors (Lipinski definition) is 3. The number of amides is 1. The summed E-state index contributed by atoms with van der Waals surface area (Å²) >= 11 is 0. The van der Waals surface area contributed by atoms with Crippen LogP contribution in [0.1, 0.15) is 20.8 Å². The van der Waals surface area contributed by atoms with Crippen molar-refractivity contribution in [3.63, 3.8) is 0 Å². The molecule has 0 saturated carbocycles. The Hall–Kier alpha value is -0.770. The van der Waals surface area contributed by atoms with Gasteiger partial charge in [-0.3, -0.25) is 4.84 Å². The van der Waals surface area contributed by atoms with Crippen molar-refractivity contribution >= 4 is 6.09 Å². The van der Waals surface area contributed by atoms with Gasteiger partial charge in [-0.1, -0.05) is 0 Å². The summed E-state index contributed by atoms with van der Waals surface area (Å²) in [5.41, 5.74) is 2.10. The Morgan fingerprint density at radius 2 is 2.20 bits per heavy atom. The van der Waals surface area contributed by atoms with Gasteiger partial charge in [0.15, 0.2) is 0 Å². The normalized spacial score (nSPS) is 9.60. The molecule has 0 radical (unpaired) electrons. The summed E-state index contributed by atoms with van der Waals surface area (Å²) < 4.78 is 4.68. The maximum atomic E-state index is 10.6. The van der Waals surface area contributed by atoms with Crippen molar-refractivity contribution < 1.29 is 14.4 Å². The van der Waals surface area contributed by atoms with E-state index in [9.17, 15) is 4.79 Å². The highest BCUT2D eigenvalue weighted by Gasteiger charge is 2.02. The zero-order valence-electron chi connectivity index (χ0n) is 6.51. The van der Waals surface area contributed by atoms with Gasteiger partial charge in [0.2, 0.25) is 0 Å². The van der Waals surface area contributed by atoms with E-state index in [1.54, 1.807) is 20.8 Å². The first kappa shape index (κ1) is 9.23. The van der Waals surface area contributed by atoms with Gasteiger partial charge >= 0.3 is 6.09 Å². The smallest absolute Gasteiger partial charge is 0.431 e. The van der Waals surface area contributed by atoms with E-state index >= 15 is 0 Å². The van der Waals surface area contributed by atoms with Crippen molar-refractivity contribution in [3.05, 3.63) is 0 Å². The number of ether oxygens (including phenoxy) is 1. The van der Waals surface area contributed by atoms with E-state index in [1.807, 2.05) is 0 Å². The molecule has 0 aliphatic heterocycles. The number of hydrogen-bond donors (Lipinski definition) is 1. The van der Waals surface area contributed by atoms with E-state index in [0.717, 1.165) is 0 Å². The second-order valence-corrected chi connectivity index (χ2v) is 1.99. The molecule has 0 spiro atoms. The molecule has 0 rings (SSSR count). The quantitative estimate of drug-likeness (QED) is 0.607. The number of nitrogens with one attached hydrogen (secondary N) is 1. The van der Waals surface area contributed by atoms with E-state index in [1.165, 1.54) is 0 Å². The number of rotatable bonds is 3. The first-order valence-electron chi connectivity index (χ1n) is 3.25. The van der Waals surface area contributed by atoms with E-state index < -0.39 is 6.09 Å². The van der Waals surface area contributed by atoms with Crippen molar-refractivity contribution in [1.29, 1.82) is 0 Å². The molecular formula is C6H13NO3. The summed E-state index contributed by atoms with van der Waals surface area (Å²) in [6.07, 6.45) is -0.655. The predicted molar refractivity (Wildman–Crippen MR) is 36.4 cm³/mol. The lowest BCUT2D eigenvalue weighted by Crippen LogP contribution is -2.26. The van der Waals surface area contributed by atoms with Gasteiger partial charge < -0.3 is 4.74 Å². The second-order valence-electron chi connectivity index (χ2n) is 1.99. The average molecular weight is 147 g/mol. The molecule has 0 fully saturated rings. The molecule has 0 saturated heterocycles. The van der Waals surface area contributed by atoms with Crippen LogP contribution in [0.15, 0.2) is 0 Å². The maximum absolute atomic E-state index is 10.6. The lowest BCUT2D eigenvalue weighted by Gasteiger charge is -2.07. The molecule has 0 aromatic heterocycles. The lowest BCUT2D eigenvalue weighted by molar-refractivity contribution is 0.0235. The van der Waals surface area contributed by atoms with Crippen LogP contribution in [0.2, 0.25) is 0 Å². The molecule has 0 aromatic carbocycles. The van der Waals surface area contributed by atoms with Crippen LogP contribution in [0, 0.1) is 0 Å². The molecule has 0 bridgehead atoms. The third kappa shape index (κ3) is 5.37. The van der Waals surface area contributed by atoms with Gasteiger partial charge in [-0.2, -0.15) is 5.48 Å². The van der Waals surface area contributed by atoms with E-state index in [2.05, 4.69) is 15.1 Å². The van der Waals surface area contributed by atoms with Gasteiger partial charge in [0.25, 0.3) is 0 Å². The van der Waals surface area contributed by atoms with Crippen LogP contribution in [-0.4, -0.2) is 18.8 Å². The van der Waals surface area contributed by atoms with E-state index in [0.29, 0.717) is 6.61 Å². The summed E-state index contributed by atoms with van der Waals surface area (Å²) in [5.74, 6) is 0. The van der Waals surface area contributed by atoms with Crippen LogP contribution in [0.5, 0.6) is 0 Å². The highest BCUT2D eigenvalue weighted by atomic mass is 16.7.